The molecule has 6 nitrogen and oxygen atoms in total. The van der Waals surface area contributed by atoms with E-state index in [1.54, 1.807) is 12.1 Å². The molecule has 1 aliphatic heterocycles. The van der Waals surface area contributed by atoms with Crippen molar-refractivity contribution in [1.82, 2.24) is 4.90 Å². The van der Waals surface area contributed by atoms with E-state index in [1.807, 2.05) is 24.8 Å². The van der Waals surface area contributed by atoms with Gasteiger partial charge in [0.15, 0.2) is 6.61 Å². The van der Waals surface area contributed by atoms with Gasteiger partial charge in [0.1, 0.15) is 12.2 Å². The van der Waals surface area contributed by atoms with E-state index in [9.17, 15) is 9.59 Å². The van der Waals surface area contributed by atoms with Crippen LogP contribution in [-0.4, -0.2) is 36.4 Å². The summed E-state index contributed by atoms with van der Waals surface area (Å²) in [4.78, 5) is 25.3. The van der Waals surface area contributed by atoms with Gasteiger partial charge in [0.2, 0.25) is 5.91 Å². The number of rotatable bonds is 5. The summed E-state index contributed by atoms with van der Waals surface area (Å²) in [6, 6.07) is 5.36. The molecule has 0 saturated carbocycles. The SMILES string of the molecule is Cc1cc(NC(=O)CC#N)cc(C)c1OCC(=O)N1CCCC1. The number of amides is 2. The second-order valence-electron chi connectivity index (χ2n) is 5.70. The highest BCUT2D eigenvalue weighted by molar-refractivity contribution is 5.92. The summed E-state index contributed by atoms with van der Waals surface area (Å²) in [5.41, 5.74) is 2.30. The summed E-state index contributed by atoms with van der Waals surface area (Å²) in [6.45, 7) is 5.38. The van der Waals surface area contributed by atoms with Gasteiger partial charge in [0, 0.05) is 18.8 Å². The number of nitrogens with one attached hydrogen (secondary N) is 1. The second-order valence-corrected chi connectivity index (χ2v) is 5.70. The molecule has 1 aromatic carbocycles. The molecule has 2 amide bonds. The number of hydrogen-bond donors (Lipinski definition) is 1. The monoisotopic (exact) mass is 315 g/mol. The van der Waals surface area contributed by atoms with E-state index >= 15 is 0 Å². The first-order chi connectivity index (χ1) is 11.0. The van der Waals surface area contributed by atoms with E-state index in [1.165, 1.54) is 0 Å². The first kappa shape index (κ1) is 16.8. The topological polar surface area (TPSA) is 82.4 Å². The summed E-state index contributed by atoms with van der Waals surface area (Å²) in [5, 5.41) is 11.2. The van der Waals surface area contributed by atoms with Crippen LogP contribution >= 0.6 is 0 Å². The van der Waals surface area contributed by atoms with Crippen LogP contribution < -0.4 is 10.1 Å². The Bertz CT molecular complexity index is 620. The minimum atomic E-state index is -0.343. The number of likely N-dealkylation sites (tertiary alicyclic amines) is 1. The number of benzene rings is 1. The maximum absolute atomic E-state index is 12.0. The zero-order valence-corrected chi connectivity index (χ0v) is 13.5. The fourth-order valence-corrected chi connectivity index (χ4v) is 2.72. The number of ether oxygens (including phenoxy) is 1. The van der Waals surface area contributed by atoms with Crippen molar-refractivity contribution in [3.8, 4) is 11.8 Å². The lowest BCUT2D eigenvalue weighted by Crippen LogP contribution is -2.32. The third-order valence-electron chi connectivity index (χ3n) is 3.78. The summed E-state index contributed by atoms with van der Waals surface area (Å²) in [6.07, 6.45) is 1.93. The summed E-state index contributed by atoms with van der Waals surface area (Å²) >= 11 is 0. The Hall–Kier alpha value is -2.55. The molecule has 1 aromatic rings. The normalized spacial score (nSPS) is 13.5. The molecule has 1 saturated heterocycles. The summed E-state index contributed by atoms with van der Waals surface area (Å²) < 4.78 is 5.69. The third kappa shape index (κ3) is 4.46. The predicted octanol–water partition coefficient (Wildman–Crippen LogP) is 2.16. The van der Waals surface area contributed by atoms with E-state index < -0.39 is 0 Å². The number of hydrogen-bond acceptors (Lipinski definition) is 4. The zero-order chi connectivity index (χ0) is 16.8. The van der Waals surface area contributed by atoms with Crippen molar-refractivity contribution in [3.63, 3.8) is 0 Å². The highest BCUT2D eigenvalue weighted by Crippen LogP contribution is 2.27. The second kappa shape index (κ2) is 7.63. The summed E-state index contributed by atoms with van der Waals surface area (Å²) in [7, 11) is 0. The molecule has 0 aromatic heterocycles. The van der Waals surface area contributed by atoms with E-state index in [4.69, 9.17) is 10.00 Å². The average molecular weight is 315 g/mol. The van der Waals surface area contributed by atoms with Crippen molar-refractivity contribution in [2.45, 2.75) is 33.1 Å². The van der Waals surface area contributed by atoms with Crippen LogP contribution in [0.15, 0.2) is 12.1 Å². The Morgan fingerprint density at radius 1 is 1.26 bits per heavy atom. The van der Waals surface area contributed by atoms with Crippen LogP contribution in [0.2, 0.25) is 0 Å². The molecule has 23 heavy (non-hydrogen) atoms. The minimum absolute atomic E-state index is 0.00713. The smallest absolute Gasteiger partial charge is 0.260 e. The molecule has 1 fully saturated rings. The quantitative estimate of drug-likeness (QED) is 0.902. The molecular formula is C17H21N3O3. The molecule has 122 valence electrons. The van der Waals surface area contributed by atoms with Gasteiger partial charge in [-0.3, -0.25) is 9.59 Å². The Balaban J connectivity index is 2.01. The number of anilines is 1. The van der Waals surface area contributed by atoms with Crippen LogP contribution in [0.3, 0.4) is 0 Å². The van der Waals surface area contributed by atoms with Crippen LogP contribution in [0.1, 0.15) is 30.4 Å². The zero-order valence-electron chi connectivity index (χ0n) is 13.5. The van der Waals surface area contributed by atoms with Crippen LogP contribution in [-0.2, 0) is 9.59 Å². The summed E-state index contributed by atoms with van der Waals surface area (Å²) in [5.74, 6) is 0.327. The number of aryl methyl sites for hydroxylation is 2. The van der Waals surface area contributed by atoms with Crippen molar-refractivity contribution in [2.75, 3.05) is 25.0 Å². The number of carbonyl (C=O) groups excluding carboxylic acids is 2. The maximum atomic E-state index is 12.0. The molecule has 1 aliphatic rings. The molecule has 0 radical (unpaired) electrons. The molecule has 0 spiro atoms. The molecule has 0 unspecified atom stereocenters. The fraction of sp³-hybridized carbons (Fsp3) is 0.471. The van der Waals surface area contributed by atoms with Crippen molar-refractivity contribution >= 4 is 17.5 Å². The number of nitrogens with zero attached hydrogens (tertiary/aromatic N) is 2. The molecule has 0 aliphatic carbocycles. The Labute approximate surface area is 136 Å². The van der Waals surface area contributed by atoms with E-state index in [-0.39, 0.29) is 24.8 Å². The molecule has 1 heterocycles. The van der Waals surface area contributed by atoms with E-state index in [0.29, 0.717) is 11.4 Å². The van der Waals surface area contributed by atoms with Gasteiger partial charge in [0.25, 0.3) is 5.91 Å². The van der Waals surface area contributed by atoms with Crippen molar-refractivity contribution < 1.29 is 14.3 Å². The van der Waals surface area contributed by atoms with E-state index in [0.717, 1.165) is 37.1 Å². The van der Waals surface area contributed by atoms with Crippen LogP contribution in [0.4, 0.5) is 5.69 Å². The first-order valence-corrected chi connectivity index (χ1v) is 7.70. The van der Waals surface area contributed by atoms with Crippen molar-refractivity contribution in [3.05, 3.63) is 23.3 Å². The highest BCUT2D eigenvalue weighted by atomic mass is 16.5. The molecule has 1 N–H and O–H groups in total. The Kier molecular flexibility index (Phi) is 5.58. The molecule has 6 heteroatoms. The fourth-order valence-electron chi connectivity index (χ4n) is 2.72. The average Bonchev–Trinajstić information content (AvgIpc) is 3.00. The number of carbonyl (C=O) groups is 2. The van der Waals surface area contributed by atoms with Gasteiger partial charge in [-0.2, -0.15) is 5.26 Å². The predicted molar refractivity (Wildman–Crippen MR) is 86.1 cm³/mol. The Morgan fingerprint density at radius 2 is 1.87 bits per heavy atom. The van der Waals surface area contributed by atoms with Gasteiger partial charge in [-0.05, 0) is 49.9 Å². The molecule has 0 atom stereocenters. The standard InChI is InChI=1S/C17H21N3O3/c1-12-9-14(19-15(21)5-6-18)10-13(2)17(12)23-11-16(22)20-7-3-4-8-20/h9-10H,3-5,7-8,11H2,1-2H3,(H,19,21). The maximum Gasteiger partial charge on any atom is 0.260 e. The lowest BCUT2D eigenvalue weighted by Gasteiger charge is -2.18. The van der Waals surface area contributed by atoms with Crippen molar-refractivity contribution in [2.24, 2.45) is 0 Å². The largest absolute Gasteiger partial charge is 0.483 e. The van der Waals surface area contributed by atoms with Gasteiger partial charge in [0.05, 0.1) is 6.07 Å². The third-order valence-corrected chi connectivity index (χ3v) is 3.78. The van der Waals surface area contributed by atoms with Gasteiger partial charge in [-0.1, -0.05) is 0 Å². The molecule has 2 rings (SSSR count). The van der Waals surface area contributed by atoms with Gasteiger partial charge >= 0.3 is 0 Å². The molecular weight excluding hydrogens is 294 g/mol. The van der Waals surface area contributed by atoms with E-state index in [2.05, 4.69) is 5.32 Å². The van der Waals surface area contributed by atoms with Crippen LogP contribution in [0, 0.1) is 25.2 Å². The lowest BCUT2D eigenvalue weighted by atomic mass is 10.1. The van der Waals surface area contributed by atoms with Crippen LogP contribution in [0.5, 0.6) is 5.75 Å². The van der Waals surface area contributed by atoms with Gasteiger partial charge < -0.3 is 15.0 Å². The van der Waals surface area contributed by atoms with Crippen LogP contribution in [0.25, 0.3) is 0 Å². The lowest BCUT2D eigenvalue weighted by molar-refractivity contribution is -0.132. The Morgan fingerprint density at radius 3 is 2.43 bits per heavy atom. The first-order valence-electron chi connectivity index (χ1n) is 7.70. The minimum Gasteiger partial charge on any atom is -0.483 e. The van der Waals surface area contributed by atoms with Gasteiger partial charge in [-0.25, -0.2) is 0 Å². The van der Waals surface area contributed by atoms with Gasteiger partial charge in [-0.15, -0.1) is 0 Å². The number of nitriles is 1. The van der Waals surface area contributed by atoms with Crippen molar-refractivity contribution in [1.29, 1.82) is 5.26 Å². The molecule has 0 bridgehead atoms. The highest BCUT2D eigenvalue weighted by Gasteiger charge is 2.19.